The highest BCUT2D eigenvalue weighted by Gasteiger charge is 2.09. The molecule has 110 valence electrons. The molecule has 0 aliphatic rings. The van der Waals surface area contributed by atoms with Crippen LogP contribution in [0.2, 0.25) is 0 Å². The molecule has 0 saturated heterocycles. The summed E-state index contributed by atoms with van der Waals surface area (Å²) in [6.45, 7) is 6.27. The molecule has 0 atom stereocenters. The van der Waals surface area contributed by atoms with Crippen LogP contribution in [-0.4, -0.2) is 25.0 Å². The van der Waals surface area contributed by atoms with Crippen molar-refractivity contribution in [3.8, 4) is 5.75 Å². The molecule has 0 aromatic heterocycles. The molecule has 0 heterocycles. The van der Waals surface area contributed by atoms with Crippen LogP contribution >= 0.6 is 0 Å². The van der Waals surface area contributed by atoms with Gasteiger partial charge in [-0.1, -0.05) is 26.0 Å². The molecule has 4 heteroatoms. The Morgan fingerprint density at radius 2 is 1.95 bits per heavy atom. The summed E-state index contributed by atoms with van der Waals surface area (Å²) in [6, 6.07) is 7.70. The van der Waals surface area contributed by atoms with E-state index in [9.17, 15) is 9.59 Å². The smallest absolute Gasteiger partial charge is 0.306 e. The Morgan fingerprint density at radius 1 is 1.20 bits per heavy atom. The SMILES string of the molecule is CCOC(=O)CCC(=O)COc1cccc(C(C)C)c1. The number of benzene rings is 1. The zero-order chi connectivity index (χ0) is 15.0. The van der Waals surface area contributed by atoms with Crippen molar-refractivity contribution >= 4 is 11.8 Å². The highest BCUT2D eigenvalue weighted by Crippen LogP contribution is 2.20. The monoisotopic (exact) mass is 278 g/mol. The third-order valence-corrected chi connectivity index (χ3v) is 2.84. The van der Waals surface area contributed by atoms with Crippen LogP contribution in [-0.2, 0) is 14.3 Å². The standard InChI is InChI=1S/C16H22O4/c1-4-19-16(18)9-8-14(17)11-20-15-7-5-6-13(10-15)12(2)3/h5-7,10,12H,4,8-9,11H2,1-3H3. The summed E-state index contributed by atoms with van der Waals surface area (Å²) in [5.41, 5.74) is 1.17. The number of ether oxygens (including phenoxy) is 2. The molecule has 0 radical (unpaired) electrons. The zero-order valence-corrected chi connectivity index (χ0v) is 12.3. The van der Waals surface area contributed by atoms with E-state index in [2.05, 4.69) is 13.8 Å². The van der Waals surface area contributed by atoms with Crippen molar-refractivity contribution in [2.45, 2.75) is 39.5 Å². The van der Waals surface area contributed by atoms with Crippen molar-refractivity contribution in [3.63, 3.8) is 0 Å². The third kappa shape index (κ3) is 5.87. The van der Waals surface area contributed by atoms with Gasteiger partial charge >= 0.3 is 5.97 Å². The zero-order valence-electron chi connectivity index (χ0n) is 12.3. The number of Topliss-reactive ketones (excluding diaryl/α,β-unsaturated/α-hetero) is 1. The number of ketones is 1. The van der Waals surface area contributed by atoms with Gasteiger partial charge in [0.15, 0.2) is 5.78 Å². The highest BCUT2D eigenvalue weighted by atomic mass is 16.5. The minimum absolute atomic E-state index is 0.0129. The first-order valence-electron chi connectivity index (χ1n) is 6.93. The quantitative estimate of drug-likeness (QED) is 0.686. The molecule has 0 bridgehead atoms. The second-order valence-electron chi connectivity index (χ2n) is 4.86. The summed E-state index contributed by atoms with van der Waals surface area (Å²) in [5, 5.41) is 0. The van der Waals surface area contributed by atoms with E-state index in [1.165, 1.54) is 5.56 Å². The number of hydrogen-bond acceptors (Lipinski definition) is 4. The minimum Gasteiger partial charge on any atom is -0.486 e. The molecule has 1 aromatic rings. The maximum absolute atomic E-state index is 11.6. The van der Waals surface area contributed by atoms with E-state index in [1.807, 2.05) is 24.3 Å². The fourth-order valence-corrected chi connectivity index (χ4v) is 1.67. The molecule has 20 heavy (non-hydrogen) atoms. The van der Waals surface area contributed by atoms with E-state index in [0.717, 1.165) is 0 Å². The molecule has 0 unspecified atom stereocenters. The van der Waals surface area contributed by atoms with Crippen LogP contribution in [0.3, 0.4) is 0 Å². The third-order valence-electron chi connectivity index (χ3n) is 2.84. The molecule has 0 aliphatic carbocycles. The largest absolute Gasteiger partial charge is 0.486 e. The molecular weight excluding hydrogens is 256 g/mol. The van der Waals surface area contributed by atoms with Gasteiger partial charge < -0.3 is 9.47 Å². The highest BCUT2D eigenvalue weighted by molar-refractivity contribution is 5.84. The summed E-state index contributed by atoms with van der Waals surface area (Å²) in [6.07, 6.45) is 0.269. The summed E-state index contributed by atoms with van der Waals surface area (Å²) in [5.74, 6) is 0.648. The van der Waals surface area contributed by atoms with E-state index in [4.69, 9.17) is 9.47 Å². The van der Waals surface area contributed by atoms with Crippen LogP contribution in [0, 0.1) is 0 Å². The summed E-state index contributed by atoms with van der Waals surface area (Å²) in [4.78, 5) is 22.7. The molecule has 0 spiro atoms. The van der Waals surface area contributed by atoms with Gasteiger partial charge in [0.25, 0.3) is 0 Å². The molecule has 1 rings (SSSR count). The van der Waals surface area contributed by atoms with Crippen LogP contribution in [0.1, 0.15) is 45.1 Å². The Labute approximate surface area is 120 Å². The Kier molecular flexibility index (Phi) is 6.77. The van der Waals surface area contributed by atoms with Crippen LogP contribution in [0.15, 0.2) is 24.3 Å². The fraction of sp³-hybridized carbons (Fsp3) is 0.500. The summed E-state index contributed by atoms with van der Waals surface area (Å²) < 4.78 is 10.2. The Hall–Kier alpha value is -1.84. The number of carbonyl (C=O) groups is 2. The van der Waals surface area contributed by atoms with Crippen molar-refractivity contribution in [3.05, 3.63) is 29.8 Å². The van der Waals surface area contributed by atoms with Gasteiger partial charge in [0, 0.05) is 6.42 Å². The van der Waals surface area contributed by atoms with Gasteiger partial charge in [-0.15, -0.1) is 0 Å². The first kappa shape index (κ1) is 16.2. The lowest BCUT2D eigenvalue weighted by Gasteiger charge is -2.09. The van der Waals surface area contributed by atoms with Gasteiger partial charge in [-0.3, -0.25) is 9.59 Å². The Bertz CT molecular complexity index is 452. The number of carbonyl (C=O) groups excluding carboxylic acids is 2. The van der Waals surface area contributed by atoms with Crippen LogP contribution in [0.25, 0.3) is 0 Å². The van der Waals surface area contributed by atoms with Gasteiger partial charge in [-0.2, -0.15) is 0 Å². The maximum Gasteiger partial charge on any atom is 0.306 e. The maximum atomic E-state index is 11.6. The second kappa shape index (κ2) is 8.35. The molecular formula is C16H22O4. The van der Waals surface area contributed by atoms with E-state index < -0.39 is 0 Å². The number of rotatable bonds is 8. The predicted molar refractivity (Wildman–Crippen MR) is 76.9 cm³/mol. The first-order chi connectivity index (χ1) is 9.52. The minimum atomic E-state index is -0.345. The van der Waals surface area contributed by atoms with E-state index in [-0.39, 0.29) is 31.2 Å². The van der Waals surface area contributed by atoms with E-state index in [1.54, 1.807) is 6.92 Å². The lowest BCUT2D eigenvalue weighted by atomic mass is 10.0. The molecule has 0 aliphatic heterocycles. The molecule has 0 amide bonds. The van der Waals surface area contributed by atoms with Gasteiger partial charge in [-0.05, 0) is 30.5 Å². The number of esters is 1. The molecule has 4 nitrogen and oxygen atoms in total. The summed E-state index contributed by atoms with van der Waals surface area (Å²) >= 11 is 0. The summed E-state index contributed by atoms with van der Waals surface area (Å²) in [7, 11) is 0. The molecule has 0 fully saturated rings. The molecule has 0 N–H and O–H groups in total. The Balaban J connectivity index is 2.37. The fourth-order valence-electron chi connectivity index (χ4n) is 1.67. The second-order valence-corrected chi connectivity index (χ2v) is 4.86. The Morgan fingerprint density at radius 3 is 2.60 bits per heavy atom. The van der Waals surface area contributed by atoms with Crippen molar-refractivity contribution in [2.75, 3.05) is 13.2 Å². The van der Waals surface area contributed by atoms with Gasteiger partial charge in [0.05, 0.1) is 13.0 Å². The van der Waals surface area contributed by atoms with Crippen LogP contribution in [0.5, 0.6) is 5.75 Å². The lowest BCUT2D eigenvalue weighted by molar-refractivity contribution is -0.144. The van der Waals surface area contributed by atoms with Gasteiger partial charge in [0.2, 0.25) is 0 Å². The average molecular weight is 278 g/mol. The molecule has 1 aromatic carbocycles. The van der Waals surface area contributed by atoms with Crippen molar-refractivity contribution in [1.82, 2.24) is 0 Å². The van der Waals surface area contributed by atoms with E-state index >= 15 is 0 Å². The number of hydrogen-bond donors (Lipinski definition) is 0. The van der Waals surface area contributed by atoms with Gasteiger partial charge in [0.1, 0.15) is 12.4 Å². The lowest BCUT2D eigenvalue weighted by Crippen LogP contribution is -2.14. The van der Waals surface area contributed by atoms with Crippen molar-refractivity contribution in [1.29, 1.82) is 0 Å². The van der Waals surface area contributed by atoms with Crippen LogP contribution in [0.4, 0.5) is 0 Å². The van der Waals surface area contributed by atoms with Crippen molar-refractivity contribution in [2.24, 2.45) is 0 Å². The normalized spacial score (nSPS) is 10.4. The van der Waals surface area contributed by atoms with Crippen molar-refractivity contribution < 1.29 is 19.1 Å². The first-order valence-corrected chi connectivity index (χ1v) is 6.93. The topological polar surface area (TPSA) is 52.6 Å². The van der Waals surface area contributed by atoms with Crippen LogP contribution < -0.4 is 4.74 Å². The average Bonchev–Trinajstić information content (AvgIpc) is 2.43. The predicted octanol–water partition coefficient (Wildman–Crippen LogP) is 3.10. The van der Waals surface area contributed by atoms with Gasteiger partial charge in [-0.25, -0.2) is 0 Å². The molecule has 0 saturated carbocycles. The van der Waals surface area contributed by atoms with E-state index in [0.29, 0.717) is 18.3 Å².